The number of H-pyrrole nitrogens is 2. The van der Waals surface area contributed by atoms with Gasteiger partial charge in [-0.2, -0.15) is 18.3 Å². The Labute approximate surface area is 207 Å². The number of nitrogens with zero attached hydrogens (tertiary/aromatic N) is 4. The van der Waals surface area contributed by atoms with Crippen molar-refractivity contribution >= 4 is 11.8 Å². The molecular weight excluding hydrogens is 498 g/mol. The second kappa shape index (κ2) is 9.16. The number of ether oxygens (including phenoxy) is 1. The van der Waals surface area contributed by atoms with Crippen molar-refractivity contribution in [1.82, 2.24) is 35.4 Å². The van der Waals surface area contributed by atoms with Crippen molar-refractivity contribution in [2.24, 2.45) is 5.92 Å². The Morgan fingerprint density at radius 1 is 1.24 bits per heavy atom. The highest BCUT2D eigenvalue weighted by Gasteiger charge is 2.54. The summed E-state index contributed by atoms with van der Waals surface area (Å²) in [5.41, 5.74) is -0.891. The highest BCUT2D eigenvalue weighted by Crippen LogP contribution is 2.50. The molecule has 0 bridgehead atoms. The van der Waals surface area contributed by atoms with Crippen LogP contribution in [0.3, 0.4) is 0 Å². The molecule has 37 heavy (non-hydrogen) atoms. The smallest absolute Gasteiger partial charge is 0.432 e. The van der Waals surface area contributed by atoms with Gasteiger partial charge in [-0.3, -0.25) is 14.7 Å². The van der Waals surface area contributed by atoms with Crippen LogP contribution in [0.25, 0.3) is 11.3 Å². The molecule has 2 fully saturated rings. The van der Waals surface area contributed by atoms with Crippen LogP contribution in [0.2, 0.25) is 0 Å². The minimum absolute atomic E-state index is 0.00715. The third kappa shape index (κ3) is 4.87. The molecule has 1 spiro atoms. The highest BCUT2D eigenvalue weighted by molar-refractivity contribution is 5.94. The van der Waals surface area contributed by atoms with Crippen LogP contribution in [0, 0.1) is 11.7 Å². The molecule has 0 aromatic carbocycles. The topological polar surface area (TPSA) is 129 Å². The minimum atomic E-state index is -4.54. The first kappa shape index (κ1) is 24.7. The van der Waals surface area contributed by atoms with Gasteiger partial charge in [0.2, 0.25) is 11.8 Å². The number of carbonyl (C=O) groups excluding carboxylic acids is 2. The maximum absolute atomic E-state index is 14.3. The summed E-state index contributed by atoms with van der Waals surface area (Å²) in [4.78, 5) is 37.4. The monoisotopic (exact) mass is 521 g/mol. The van der Waals surface area contributed by atoms with Crippen LogP contribution in [0.4, 0.5) is 17.6 Å². The number of hydrogen-bond acceptors (Lipinski definition) is 6. The Hall–Kier alpha value is -3.97. The number of aromatic nitrogens is 5. The van der Waals surface area contributed by atoms with E-state index < -0.39 is 23.2 Å². The van der Waals surface area contributed by atoms with Crippen LogP contribution in [-0.4, -0.2) is 61.1 Å². The SMILES string of the molecule is COc1cc(-c2cc(C(=O)N3CC[C@H](C(=O)NCc4ncc(C(F)(F)F)[nH]4)CC34CC4)[nH]n2)c(F)cn1. The Morgan fingerprint density at radius 3 is 2.70 bits per heavy atom. The fourth-order valence-corrected chi connectivity index (χ4v) is 4.71. The first-order valence-corrected chi connectivity index (χ1v) is 11.6. The van der Waals surface area contributed by atoms with Crippen LogP contribution >= 0.6 is 0 Å². The molecule has 5 rings (SSSR count). The van der Waals surface area contributed by atoms with Gasteiger partial charge in [-0.15, -0.1) is 0 Å². The molecule has 3 aromatic rings. The van der Waals surface area contributed by atoms with Crippen molar-refractivity contribution in [1.29, 1.82) is 0 Å². The summed E-state index contributed by atoms with van der Waals surface area (Å²) in [7, 11) is 1.41. The number of pyridine rings is 1. The number of rotatable bonds is 6. The van der Waals surface area contributed by atoms with Gasteiger partial charge < -0.3 is 19.9 Å². The van der Waals surface area contributed by atoms with Crippen LogP contribution in [0.15, 0.2) is 24.5 Å². The lowest BCUT2D eigenvalue weighted by molar-refractivity contribution is -0.140. The van der Waals surface area contributed by atoms with Crippen molar-refractivity contribution in [2.45, 2.75) is 43.9 Å². The van der Waals surface area contributed by atoms with Gasteiger partial charge in [0.05, 0.1) is 31.7 Å². The molecule has 0 unspecified atom stereocenters. The van der Waals surface area contributed by atoms with Crippen molar-refractivity contribution in [3.63, 3.8) is 0 Å². The van der Waals surface area contributed by atoms with Crippen LogP contribution in [0.1, 0.15) is 47.7 Å². The summed E-state index contributed by atoms with van der Waals surface area (Å²) < 4.78 is 57.5. The van der Waals surface area contributed by atoms with E-state index in [2.05, 4.69) is 30.5 Å². The molecule has 2 aliphatic rings. The molecule has 10 nitrogen and oxygen atoms in total. The number of likely N-dealkylation sites (tertiary alicyclic amines) is 1. The average molecular weight is 521 g/mol. The minimum Gasteiger partial charge on any atom is -0.481 e. The normalized spacial score (nSPS) is 18.6. The molecule has 196 valence electrons. The number of halogens is 4. The van der Waals surface area contributed by atoms with E-state index in [-0.39, 0.29) is 52.9 Å². The number of alkyl halides is 3. The van der Waals surface area contributed by atoms with Gasteiger partial charge in [-0.1, -0.05) is 0 Å². The molecule has 3 aromatic heterocycles. The van der Waals surface area contributed by atoms with E-state index in [0.29, 0.717) is 25.6 Å². The quantitative estimate of drug-likeness (QED) is 0.428. The van der Waals surface area contributed by atoms with E-state index in [1.165, 1.54) is 19.2 Å². The lowest BCUT2D eigenvalue weighted by Gasteiger charge is -2.39. The molecule has 1 saturated heterocycles. The van der Waals surface area contributed by atoms with Crippen LogP contribution in [0.5, 0.6) is 5.88 Å². The predicted molar refractivity (Wildman–Crippen MR) is 119 cm³/mol. The van der Waals surface area contributed by atoms with Gasteiger partial charge >= 0.3 is 6.18 Å². The van der Waals surface area contributed by atoms with Gasteiger partial charge in [-0.05, 0) is 31.7 Å². The molecule has 0 radical (unpaired) electrons. The third-order valence-corrected chi connectivity index (χ3v) is 6.83. The van der Waals surface area contributed by atoms with Crippen molar-refractivity contribution in [2.75, 3.05) is 13.7 Å². The van der Waals surface area contributed by atoms with Crippen LogP contribution in [-0.2, 0) is 17.5 Å². The lowest BCUT2D eigenvalue weighted by Crippen LogP contribution is -2.50. The Bertz CT molecular complexity index is 1330. The maximum atomic E-state index is 14.3. The number of methoxy groups -OCH3 is 1. The van der Waals surface area contributed by atoms with Crippen molar-refractivity contribution in [3.8, 4) is 17.1 Å². The van der Waals surface area contributed by atoms with E-state index in [1.54, 1.807) is 4.90 Å². The van der Waals surface area contributed by atoms with Gasteiger partial charge in [-0.25, -0.2) is 14.4 Å². The summed E-state index contributed by atoms with van der Waals surface area (Å²) in [6.07, 6.45) is -0.552. The fourth-order valence-electron chi connectivity index (χ4n) is 4.71. The second-order valence-electron chi connectivity index (χ2n) is 9.20. The number of aromatic amines is 2. The highest BCUT2D eigenvalue weighted by atomic mass is 19.4. The molecule has 3 N–H and O–H groups in total. The molecular formula is C23H23F4N7O3. The lowest BCUT2D eigenvalue weighted by atomic mass is 9.88. The van der Waals surface area contributed by atoms with Crippen molar-refractivity contribution in [3.05, 3.63) is 47.6 Å². The molecule has 4 heterocycles. The number of nitrogens with one attached hydrogen (secondary N) is 3. The zero-order chi connectivity index (χ0) is 26.4. The second-order valence-corrected chi connectivity index (χ2v) is 9.20. The standard InChI is InChI=1S/C23H23F4N7O3/c1-37-19-6-13(14(24)9-29-19)15-7-16(33-32-15)21(36)34-5-2-12(8-22(34)3-4-22)20(35)30-11-18-28-10-17(31-18)23(25,26)27/h6-7,9-10,12H,2-5,8,11H2,1H3,(H,28,31)(H,30,35)(H,32,33)/t12-/m0/s1. The van der Waals surface area contributed by atoms with E-state index in [9.17, 15) is 27.2 Å². The Morgan fingerprint density at radius 2 is 2.03 bits per heavy atom. The summed E-state index contributed by atoms with van der Waals surface area (Å²) >= 11 is 0. The molecule has 1 aliphatic heterocycles. The van der Waals surface area contributed by atoms with E-state index in [0.717, 1.165) is 19.0 Å². The number of imidazole rings is 1. The van der Waals surface area contributed by atoms with Gasteiger partial charge in [0.1, 0.15) is 17.2 Å². The number of amides is 2. The Balaban J connectivity index is 1.22. The summed E-state index contributed by atoms with van der Waals surface area (Å²) in [5, 5.41) is 9.40. The molecule has 1 saturated carbocycles. The molecule has 14 heteroatoms. The van der Waals surface area contributed by atoms with Gasteiger partial charge in [0, 0.05) is 29.6 Å². The first-order chi connectivity index (χ1) is 17.6. The molecule has 2 amide bonds. The van der Waals surface area contributed by atoms with Gasteiger partial charge in [0.25, 0.3) is 5.91 Å². The summed E-state index contributed by atoms with van der Waals surface area (Å²) in [6.45, 7) is 0.163. The number of carbonyl (C=O) groups is 2. The van der Waals surface area contributed by atoms with Gasteiger partial charge in [0.15, 0.2) is 5.82 Å². The fraction of sp³-hybridized carbons (Fsp3) is 0.435. The zero-order valence-corrected chi connectivity index (χ0v) is 19.7. The summed E-state index contributed by atoms with van der Waals surface area (Å²) in [5.74, 6) is -1.38. The zero-order valence-electron chi connectivity index (χ0n) is 19.7. The largest absolute Gasteiger partial charge is 0.481 e. The first-order valence-electron chi connectivity index (χ1n) is 11.6. The summed E-state index contributed by atoms with van der Waals surface area (Å²) in [6, 6.07) is 2.85. The molecule has 1 atom stereocenters. The average Bonchev–Trinajstić information content (AvgIpc) is 3.27. The molecule has 1 aliphatic carbocycles. The van der Waals surface area contributed by atoms with E-state index in [1.807, 2.05) is 0 Å². The number of piperidine rings is 1. The van der Waals surface area contributed by atoms with Crippen molar-refractivity contribution < 1.29 is 31.9 Å². The number of hydrogen-bond donors (Lipinski definition) is 3. The maximum Gasteiger partial charge on any atom is 0.432 e. The van der Waals surface area contributed by atoms with E-state index in [4.69, 9.17) is 4.74 Å². The van der Waals surface area contributed by atoms with E-state index >= 15 is 0 Å². The van der Waals surface area contributed by atoms with Crippen LogP contribution < -0.4 is 10.1 Å². The predicted octanol–water partition coefficient (Wildman–Crippen LogP) is 3.06. The third-order valence-electron chi connectivity index (χ3n) is 6.83. The Kier molecular flexibility index (Phi) is 6.12.